The Hall–Kier alpha value is -1.82. The number of carbonyl (C=O) groups excluding carboxylic acids is 1. The van der Waals surface area contributed by atoms with Crippen molar-refractivity contribution in [3.05, 3.63) is 39.6 Å². The van der Waals surface area contributed by atoms with Gasteiger partial charge >= 0.3 is 0 Å². The summed E-state index contributed by atoms with van der Waals surface area (Å²) in [4.78, 5) is 11.4. The lowest BCUT2D eigenvalue weighted by Gasteiger charge is -2.17. The van der Waals surface area contributed by atoms with Crippen molar-refractivity contribution in [2.45, 2.75) is 26.4 Å². The molecule has 2 aromatic rings. The molecule has 1 amide bonds. The molecule has 0 aliphatic carbocycles. The third-order valence-corrected chi connectivity index (χ3v) is 4.65. The number of aryl methyl sites for hydroxylation is 3. The van der Waals surface area contributed by atoms with Crippen LogP contribution in [0, 0.1) is 6.92 Å². The number of aromatic nitrogens is 2. The number of halogens is 1. The summed E-state index contributed by atoms with van der Waals surface area (Å²) in [5.74, 6) is 0.798. The van der Waals surface area contributed by atoms with Crippen LogP contribution in [0.5, 0.6) is 5.75 Å². The Morgan fingerprint density at radius 2 is 2.24 bits per heavy atom. The van der Waals surface area contributed by atoms with Crippen molar-refractivity contribution in [3.63, 3.8) is 0 Å². The van der Waals surface area contributed by atoms with E-state index in [1.807, 2.05) is 32.2 Å². The monoisotopic (exact) mass is 349 g/mol. The number of carbonyl (C=O) groups is 1. The number of benzene rings is 1. The first kappa shape index (κ1) is 14.1. The van der Waals surface area contributed by atoms with Crippen LogP contribution >= 0.6 is 15.9 Å². The summed E-state index contributed by atoms with van der Waals surface area (Å²) < 4.78 is 8.60. The molecule has 0 radical (unpaired) electrons. The summed E-state index contributed by atoms with van der Waals surface area (Å²) in [5.41, 5.74) is 3.92. The fraction of sp³-hybridized carbons (Fsp3) is 0.333. The van der Waals surface area contributed by atoms with Gasteiger partial charge in [0.2, 0.25) is 5.91 Å². The molecular formula is C15H16BrN3O2. The molecule has 110 valence electrons. The number of hydrogen-bond acceptors (Lipinski definition) is 3. The summed E-state index contributed by atoms with van der Waals surface area (Å²) >= 11 is 3.52. The number of nitrogens with zero attached hydrogens (tertiary/aromatic N) is 2. The highest BCUT2D eigenvalue weighted by atomic mass is 79.9. The molecule has 0 unspecified atom stereocenters. The fourth-order valence-electron chi connectivity index (χ4n) is 2.43. The van der Waals surface area contributed by atoms with Gasteiger partial charge in [0.25, 0.3) is 0 Å². The van der Waals surface area contributed by atoms with E-state index >= 15 is 0 Å². The number of ether oxygens (including phenoxy) is 1. The minimum absolute atomic E-state index is 0.0599. The third-order valence-electron chi connectivity index (χ3n) is 3.61. The van der Waals surface area contributed by atoms with Crippen LogP contribution < -0.4 is 10.1 Å². The Balaban J connectivity index is 1.77. The van der Waals surface area contributed by atoms with Crippen molar-refractivity contribution in [3.8, 4) is 5.75 Å². The van der Waals surface area contributed by atoms with Crippen LogP contribution in [0.1, 0.15) is 23.4 Å². The van der Waals surface area contributed by atoms with E-state index < -0.39 is 0 Å². The minimum Gasteiger partial charge on any atom is -0.487 e. The van der Waals surface area contributed by atoms with E-state index in [-0.39, 0.29) is 5.91 Å². The summed E-state index contributed by atoms with van der Waals surface area (Å²) in [6, 6.07) is 5.82. The van der Waals surface area contributed by atoms with Crippen LogP contribution in [-0.2, 0) is 24.9 Å². The molecular weight excluding hydrogens is 334 g/mol. The number of amides is 1. The largest absolute Gasteiger partial charge is 0.487 e. The molecule has 2 heterocycles. The Morgan fingerprint density at radius 3 is 2.95 bits per heavy atom. The summed E-state index contributed by atoms with van der Waals surface area (Å²) in [7, 11) is 1.89. The summed E-state index contributed by atoms with van der Waals surface area (Å²) in [6.45, 7) is 2.37. The van der Waals surface area contributed by atoms with E-state index in [1.54, 1.807) is 4.68 Å². The molecule has 1 aromatic carbocycles. The lowest BCUT2D eigenvalue weighted by atomic mass is 10.0. The van der Waals surface area contributed by atoms with Gasteiger partial charge in [0.05, 0.1) is 15.9 Å². The number of hydrogen-bond donors (Lipinski definition) is 1. The maximum atomic E-state index is 11.4. The average Bonchev–Trinajstić information content (AvgIpc) is 2.69. The normalized spacial score (nSPS) is 13.8. The molecule has 1 aliphatic heterocycles. The van der Waals surface area contributed by atoms with Crippen LogP contribution in [0.15, 0.2) is 22.7 Å². The highest BCUT2D eigenvalue weighted by molar-refractivity contribution is 9.10. The molecule has 3 rings (SSSR count). The van der Waals surface area contributed by atoms with E-state index in [4.69, 9.17) is 4.74 Å². The number of anilines is 1. The highest BCUT2D eigenvalue weighted by Gasteiger charge is 2.16. The maximum Gasteiger partial charge on any atom is 0.224 e. The zero-order chi connectivity index (χ0) is 15.0. The molecule has 21 heavy (non-hydrogen) atoms. The van der Waals surface area contributed by atoms with Gasteiger partial charge in [0, 0.05) is 25.2 Å². The summed E-state index contributed by atoms with van der Waals surface area (Å²) in [6.07, 6.45) is 1.34. The zero-order valence-corrected chi connectivity index (χ0v) is 13.5. The zero-order valence-electron chi connectivity index (χ0n) is 11.9. The van der Waals surface area contributed by atoms with Crippen molar-refractivity contribution >= 4 is 27.5 Å². The van der Waals surface area contributed by atoms with Crippen LogP contribution in [0.4, 0.5) is 5.69 Å². The smallest absolute Gasteiger partial charge is 0.224 e. The van der Waals surface area contributed by atoms with Gasteiger partial charge in [-0.05, 0) is 40.9 Å². The molecule has 5 nitrogen and oxygen atoms in total. The second-order valence-electron chi connectivity index (χ2n) is 5.13. The first-order valence-electron chi connectivity index (χ1n) is 6.78. The Kier molecular flexibility index (Phi) is 3.71. The van der Waals surface area contributed by atoms with E-state index in [9.17, 15) is 4.79 Å². The first-order valence-corrected chi connectivity index (χ1v) is 7.57. The van der Waals surface area contributed by atoms with E-state index in [1.165, 1.54) is 0 Å². The van der Waals surface area contributed by atoms with Crippen molar-refractivity contribution < 1.29 is 9.53 Å². The van der Waals surface area contributed by atoms with Gasteiger partial charge in [-0.2, -0.15) is 5.10 Å². The predicted octanol–water partition coefficient (Wildman–Crippen LogP) is 2.95. The molecule has 1 aliphatic rings. The molecule has 0 saturated heterocycles. The standard InChI is InChI=1S/C15H16BrN3O2/c1-9-15(16)13(19(2)18-9)8-21-11-5-3-10-4-6-14(20)17-12(10)7-11/h3,5,7H,4,6,8H2,1-2H3,(H,17,20). The number of nitrogens with one attached hydrogen (secondary N) is 1. The summed E-state index contributed by atoms with van der Waals surface area (Å²) in [5, 5.41) is 7.22. The quantitative estimate of drug-likeness (QED) is 0.926. The molecule has 0 atom stereocenters. The first-order chi connectivity index (χ1) is 10.0. The maximum absolute atomic E-state index is 11.4. The van der Waals surface area contributed by atoms with Gasteiger partial charge < -0.3 is 10.1 Å². The average molecular weight is 350 g/mol. The third kappa shape index (κ3) is 2.81. The van der Waals surface area contributed by atoms with E-state index in [0.29, 0.717) is 13.0 Å². The van der Waals surface area contributed by atoms with E-state index in [0.717, 1.165) is 39.3 Å². The van der Waals surface area contributed by atoms with Gasteiger partial charge in [0.15, 0.2) is 0 Å². The van der Waals surface area contributed by atoms with Gasteiger partial charge in [-0.15, -0.1) is 0 Å². The second-order valence-corrected chi connectivity index (χ2v) is 5.92. The predicted molar refractivity (Wildman–Crippen MR) is 83.4 cm³/mol. The molecule has 1 N–H and O–H groups in total. The van der Waals surface area contributed by atoms with Gasteiger partial charge in [-0.1, -0.05) is 6.07 Å². The van der Waals surface area contributed by atoms with Crippen LogP contribution in [0.25, 0.3) is 0 Å². The SMILES string of the molecule is Cc1nn(C)c(COc2ccc3c(c2)NC(=O)CC3)c1Br. The van der Waals surface area contributed by atoms with Crippen LogP contribution in [0.2, 0.25) is 0 Å². The Labute approximate surface area is 131 Å². The van der Waals surface area contributed by atoms with Gasteiger partial charge in [-0.3, -0.25) is 9.48 Å². The lowest BCUT2D eigenvalue weighted by Crippen LogP contribution is -2.18. The van der Waals surface area contributed by atoms with Crippen LogP contribution in [0.3, 0.4) is 0 Å². The number of fused-ring (bicyclic) bond motifs is 1. The van der Waals surface area contributed by atoms with Crippen LogP contribution in [-0.4, -0.2) is 15.7 Å². The highest BCUT2D eigenvalue weighted by Crippen LogP contribution is 2.28. The molecule has 1 aromatic heterocycles. The van der Waals surface area contributed by atoms with Gasteiger partial charge in [-0.25, -0.2) is 0 Å². The Morgan fingerprint density at radius 1 is 1.43 bits per heavy atom. The number of rotatable bonds is 3. The van der Waals surface area contributed by atoms with Crippen molar-refractivity contribution in [2.24, 2.45) is 7.05 Å². The molecule has 0 spiro atoms. The topological polar surface area (TPSA) is 56.1 Å². The van der Waals surface area contributed by atoms with Crippen molar-refractivity contribution in [2.75, 3.05) is 5.32 Å². The van der Waals surface area contributed by atoms with Gasteiger partial charge in [0.1, 0.15) is 12.4 Å². The Bertz CT molecular complexity index is 709. The van der Waals surface area contributed by atoms with E-state index in [2.05, 4.69) is 26.3 Å². The minimum atomic E-state index is 0.0599. The molecule has 0 fully saturated rings. The molecule has 6 heteroatoms. The second kappa shape index (κ2) is 5.52. The fourth-order valence-corrected chi connectivity index (χ4v) is 2.88. The lowest BCUT2D eigenvalue weighted by molar-refractivity contribution is -0.116. The molecule has 0 saturated carbocycles. The molecule has 0 bridgehead atoms. The van der Waals surface area contributed by atoms with Crippen molar-refractivity contribution in [1.29, 1.82) is 0 Å². The van der Waals surface area contributed by atoms with Crippen molar-refractivity contribution in [1.82, 2.24) is 9.78 Å².